The lowest BCUT2D eigenvalue weighted by atomic mass is 9.96. The normalized spacial score (nSPS) is 32.4. The molecule has 3 unspecified atom stereocenters. The van der Waals surface area contributed by atoms with Gasteiger partial charge in [-0.3, -0.25) is 0 Å². The molecule has 3 heteroatoms. The van der Waals surface area contributed by atoms with Crippen molar-refractivity contribution in [3.8, 4) is 0 Å². The Labute approximate surface area is 84.8 Å². The maximum atomic E-state index is 9.69. The van der Waals surface area contributed by atoms with E-state index in [0.717, 1.165) is 25.2 Å². The first-order chi connectivity index (χ1) is 6.74. The van der Waals surface area contributed by atoms with Gasteiger partial charge in [-0.1, -0.05) is 6.92 Å². The summed E-state index contributed by atoms with van der Waals surface area (Å²) in [5, 5.41) is 9.69. The van der Waals surface area contributed by atoms with Gasteiger partial charge in [0.2, 0.25) is 0 Å². The predicted octanol–water partition coefficient (Wildman–Crippen LogP) is 1.78. The minimum absolute atomic E-state index is 0.137. The SMILES string of the molecule is CCn1ccnc1C1CCC(O)C1C. The van der Waals surface area contributed by atoms with Gasteiger partial charge in [0, 0.05) is 24.9 Å². The number of aliphatic hydroxyl groups is 1. The Morgan fingerprint density at radius 2 is 2.36 bits per heavy atom. The number of nitrogens with zero attached hydrogens (tertiary/aromatic N) is 2. The Hall–Kier alpha value is -0.830. The third kappa shape index (κ3) is 1.46. The Bertz CT molecular complexity index is 308. The van der Waals surface area contributed by atoms with E-state index in [1.54, 1.807) is 0 Å². The zero-order valence-corrected chi connectivity index (χ0v) is 8.85. The van der Waals surface area contributed by atoms with Gasteiger partial charge in [0.1, 0.15) is 5.82 Å². The lowest BCUT2D eigenvalue weighted by Crippen LogP contribution is -2.17. The molecule has 1 fully saturated rings. The average Bonchev–Trinajstić information content (AvgIpc) is 2.75. The maximum absolute atomic E-state index is 9.69. The molecule has 3 nitrogen and oxygen atoms in total. The van der Waals surface area contributed by atoms with Crippen molar-refractivity contribution in [1.82, 2.24) is 9.55 Å². The van der Waals surface area contributed by atoms with Gasteiger partial charge in [0.05, 0.1) is 6.10 Å². The largest absolute Gasteiger partial charge is 0.393 e. The van der Waals surface area contributed by atoms with Crippen molar-refractivity contribution in [1.29, 1.82) is 0 Å². The molecule has 1 aliphatic rings. The third-order valence-electron chi connectivity index (χ3n) is 3.44. The van der Waals surface area contributed by atoms with Crippen LogP contribution in [0, 0.1) is 5.92 Å². The topological polar surface area (TPSA) is 38.0 Å². The van der Waals surface area contributed by atoms with Gasteiger partial charge in [-0.2, -0.15) is 0 Å². The molecule has 1 N–H and O–H groups in total. The van der Waals surface area contributed by atoms with Crippen LogP contribution in [-0.4, -0.2) is 20.8 Å². The fourth-order valence-corrected chi connectivity index (χ4v) is 2.43. The molecule has 3 atom stereocenters. The molecule has 78 valence electrons. The van der Waals surface area contributed by atoms with Crippen molar-refractivity contribution in [3.63, 3.8) is 0 Å². The molecule has 0 spiro atoms. The molecule has 0 saturated heterocycles. The molecule has 2 rings (SSSR count). The molecule has 0 aromatic carbocycles. The van der Waals surface area contributed by atoms with E-state index >= 15 is 0 Å². The first-order valence-electron chi connectivity index (χ1n) is 5.43. The van der Waals surface area contributed by atoms with Crippen molar-refractivity contribution in [3.05, 3.63) is 18.2 Å². The lowest BCUT2D eigenvalue weighted by molar-refractivity contribution is 0.135. The van der Waals surface area contributed by atoms with Crippen LogP contribution in [0.15, 0.2) is 12.4 Å². The molecule has 0 amide bonds. The summed E-state index contributed by atoms with van der Waals surface area (Å²) in [5.74, 6) is 1.94. The summed E-state index contributed by atoms with van der Waals surface area (Å²) in [7, 11) is 0. The van der Waals surface area contributed by atoms with Crippen LogP contribution >= 0.6 is 0 Å². The smallest absolute Gasteiger partial charge is 0.112 e. The molecule has 1 saturated carbocycles. The number of rotatable bonds is 2. The number of hydrogen-bond acceptors (Lipinski definition) is 2. The molecule has 0 radical (unpaired) electrons. The fraction of sp³-hybridized carbons (Fsp3) is 0.727. The molecule has 0 bridgehead atoms. The molecular weight excluding hydrogens is 176 g/mol. The highest BCUT2D eigenvalue weighted by atomic mass is 16.3. The van der Waals surface area contributed by atoms with E-state index in [4.69, 9.17) is 0 Å². The molecule has 0 aliphatic heterocycles. The highest BCUT2D eigenvalue weighted by molar-refractivity contribution is 5.06. The second-order valence-electron chi connectivity index (χ2n) is 4.18. The minimum Gasteiger partial charge on any atom is -0.393 e. The molecule has 1 heterocycles. The van der Waals surface area contributed by atoms with Crippen molar-refractivity contribution in [2.75, 3.05) is 0 Å². The van der Waals surface area contributed by atoms with Crippen molar-refractivity contribution in [2.45, 2.75) is 45.3 Å². The van der Waals surface area contributed by atoms with Gasteiger partial charge in [-0.15, -0.1) is 0 Å². The lowest BCUT2D eigenvalue weighted by Gasteiger charge is -2.17. The number of aryl methyl sites for hydroxylation is 1. The summed E-state index contributed by atoms with van der Waals surface area (Å²) < 4.78 is 2.18. The van der Waals surface area contributed by atoms with Gasteiger partial charge < -0.3 is 9.67 Å². The van der Waals surface area contributed by atoms with Gasteiger partial charge in [0.25, 0.3) is 0 Å². The Morgan fingerprint density at radius 3 is 2.93 bits per heavy atom. The standard InChI is InChI=1S/C11H18N2O/c1-3-13-7-6-12-11(13)9-4-5-10(14)8(9)2/h6-10,14H,3-5H2,1-2H3. The highest BCUT2D eigenvalue weighted by Crippen LogP contribution is 2.38. The van der Waals surface area contributed by atoms with Crippen LogP contribution in [-0.2, 0) is 6.54 Å². The van der Waals surface area contributed by atoms with E-state index in [2.05, 4.69) is 23.4 Å². The van der Waals surface area contributed by atoms with Gasteiger partial charge >= 0.3 is 0 Å². The van der Waals surface area contributed by atoms with E-state index < -0.39 is 0 Å². The number of hydrogen-bond donors (Lipinski definition) is 1. The number of imidazole rings is 1. The molecule has 1 aliphatic carbocycles. The summed E-state index contributed by atoms with van der Waals surface area (Å²) in [6, 6.07) is 0. The van der Waals surface area contributed by atoms with Crippen molar-refractivity contribution >= 4 is 0 Å². The van der Waals surface area contributed by atoms with Crippen LogP contribution in [0.25, 0.3) is 0 Å². The van der Waals surface area contributed by atoms with E-state index in [9.17, 15) is 5.11 Å². The van der Waals surface area contributed by atoms with Crippen molar-refractivity contribution in [2.24, 2.45) is 5.92 Å². The van der Waals surface area contributed by atoms with E-state index in [0.29, 0.717) is 11.8 Å². The summed E-state index contributed by atoms with van der Waals surface area (Å²) in [4.78, 5) is 4.41. The number of aliphatic hydroxyl groups excluding tert-OH is 1. The highest BCUT2D eigenvalue weighted by Gasteiger charge is 2.34. The zero-order chi connectivity index (χ0) is 10.1. The summed E-state index contributed by atoms with van der Waals surface area (Å²) in [6.07, 6.45) is 5.73. The summed E-state index contributed by atoms with van der Waals surface area (Å²) in [5.41, 5.74) is 0. The number of aromatic nitrogens is 2. The second-order valence-corrected chi connectivity index (χ2v) is 4.18. The maximum Gasteiger partial charge on any atom is 0.112 e. The Balaban J connectivity index is 2.23. The van der Waals surface area contributed by atoms with E-state index in [1.165, 1.54) is 0 Å². The molecule has 14 heavy (non-hydrogen) atoms. The predicted molar refractivity (Wildman–Crippen MR) is 55.0 cm³/mol. The third-order valence-corrected chi connectivity index (χ3v) is 3.44. The van der Waals surface area contributed by atoms with Gasteiger partial charge in [-0.25, -0.2) is 4.98 Å². The van der Waals surface area contributed by atoms with Gasteiger partial charge in [0.15, 0.2) is 0 Å². The summed E-state index contributed by atoms with van der Waals surface area (Å²) >= 11 is 0. The van der Waals surface area contributed by atoms with Crippen molar-refractivity contribution < 1.29 is 5.11 Å². The van der Waals surface area contributed by atoms with Crippen LogP contribution < -0.4 is 0 Å². The molecular formula is C11H18N2O. The van der Waals surface area contributed by atoms with E-state index in [1.807, 2.05) is 12.4 Å². The minimum atomic E-state index is -0.137. The Kier molecular flexibility index (Phi) is 2.59. The van der Waals surface area contributed by atoms with Crippen LogP contribution in [0.3, 0.4) is 0 Å². The zero-order valence-electron chi connectivity index (χ0n) is 8.85. The van der Waals surface area contributed by atoms with Crippen LogP contribution in [0.1, 0.15) is 38.4 Å². The molecule has 1 aromatic heterocycles. The Morgan fingerprint density at radius 1 is 1.57 bits per heavy atom. The van der Waals surface area contributed by atoms with E-state index in [-0.39, 0.29) is 6.10 Å². The first-order valence-corrected chi connectivity index (χ1v) is 5.43. The second kappa shape index (κ2) is 3.73. The quantitative estimate of drug-likeness (QED) is 0.779. The summed E-state index contributed by atoms with van der Waals surface area (Å²) in [6.45, 7) is 5.22. The monoisotopic (exact) mass is 194 g/mol. The molecule has 1 aromatic rings. The van der Waals surface area contributed by atoms with Crippen LogP contribution in [0.5, 0.6) is 0 Å². The van der Waals surface area contributed by atoms with Crippen LogP contribution in [0.4, 0.5) is 0 Å². The fourth-order valence-electron chi connectivity index (χ4n) is 2.43. The average molecular weight is 194 g/mol. The van der Waals surface area contributed by atoms with Crippen LogP contribution in [0.2, 0.25) is 0 Å². The first kappa shape index (κ1) is 9.71. The van der Waals surface area contributed by atoms with Gasteiger partial charge in [-0.05, 0) is 25.7 Å².